The Morgan fingerprint density at radius 3 is 2.60 bits per heavy atom. The molecule has 4 N–H and O–H groups in total. The third-order valence-electron chi connectivity index (χ3n) is 4.68. The quantitative estimate of drug-likeness (QED) is 0.334. The van der Waals surface area contributed by atoms with Crippen LogP contribution in [-0.2, 0) is 6.61 Å². The van der Waals surface area contributed by atoms with Gasteiger partial charge in [0, 0.05) is 23.0 Å². The summed E-state index contributed by atoms with van der Waals surface area (Å²) in [6.45, 7) is 0.455. The van der Waals surface area contributed by atoms with Gasteiger partial charge in [0.2, 0.25) is 0 Å². The Morgan fingerprint density at radius 2 is 1.80 bits per heavy atom. The summed E-state index contributed by atoms with van der Waals surface area (Å²) in [4.78, 5) is 19.1. The standard InChI is InChI=1S/C24H20N4O2/c25-14-19-11-18(9-10-21(19)26)23-13-22(27-24(29)28-23)17-7-4-8-20(12-17)30-15-16-5-2-1-3-6-16/h1-14,25H,15,26H2,(H,27,28,29). The molecular weight excluding hydrogens is 376 g/mol. The highest BCUT2D eigenvalue weighted by molar-refractivity contribution is 5.87. The van der Waals surface area contributed by atoms with E-state index >= 15 is 0 Å². The molecule has 0 saturated heterocycles. The number of hydrogen-bond acceptors (Lipinski definition) is 5. The zero-order valence-electron chi connectivity index (χ0n) is 16.1. The van der Waals surface area contributed by atoms with Crippen molar-refractivity contribution in [3.05, 3.63) is 100 Å². The van der Waals surface area contributed by atoms with Gasteiger partial charge in [-0.25, -0.2) is 4.79 Å². The van der Waals surface area contributed by atoms with Gasteiger partial charge in [-0.05, 0) is 41.5 Å². The van der Waals surface area contributed by atoms with Gasteiger partial charge in [-0.3, -0.25) is 0 Å². The molecule has 0 amide bonds. The fourth-order valence-corrected chi connectivity index (χ4v) is 3.11. The van der Waals surface area contributed by atoms with E-state index in [2.05, 4.69) is 9.97 Å². The molecule has 0 bridgehead atoms. The van der Waals surface area contributed by atoms with Crippen molar-refractivity contribution >= 4 is 11.9 Å². The van der Waals surface area contributed by atoms with Crippen LogP contribution in [0.5, 0.6) is 5.75 Å². The minimum absolute atomic E-state index is 0.452. The molecule has 0 aliphatic heterocycles. The van der Waals surface area contributed by atoms with Crippen molar-refractivity contribution in [2.24, 2.45) is 0 Å². The van der Waals surface area contributed by atoms with Crippen LogP contribution in [0.15, 0.2) is 83.7 Å². The molecule has 1 aromatic heterocycles. The number of H-pyrrole nitrogens is 1. The Kier molecular flexibility index (Phi) is 5.39. The third kappa shape index (κ3) is 4.28. The van der Waals surface area contributed by atoms with Crippen molar-refractivity contribution in [3.63, 3.8) is 0 Å². The van der Waals surface area contributed by atoms with E-state index in [0.29, 0.717) is 35.0 Å². The van der Waals surface area contributed by atoms with E-state index in [9.17, 15) is 4.79 Å². The highest BCUT2D eigenvalue weighted by Gasteiger charge is 2.09. The third-order valence-corrected chi connectivity index (χ3v) is 4.68. The van der Waals surface area contributed by atoms with Gasteiger partial charge in [-0.1, -0.05) is 48.5 Å². The molecule has 30 heavy (non-hydrogen) atoms. The number of aromatic amines is 1. The predicted octanol–water partition coefficient (Wildman–Crippen LogP) is 4.26. The minimum Gasteiger partial charge on any atom is -0.489 e. The Bertz CT molecular complexity index is 1250. The van der Waals surface area contributed by atoms with E-state index in [-0.39, 0.29) is 0 Å². The number of ether oxygens (including phenoxy) is 1. The molecule has 148 valence electrons. The van der Waals surface area contributed by atoms with E-state index in [1.165, 1.54) is 6.21 Å². The molecule has 6 heteroatoms. The number of hydrogen-bond donors (Lipinski definition) is 3. The second-order valence-electron chi connectivity index (χ2n) is 6.78. The van der Waals surface area contributed by atoms with Crippen LogP contribution < -0.4 is 16.2 Å². The van der Waals surface area contributed by atoms with Crippen LogP contribution in [0, 0.1) is 5.41 Å². The summed E-state index contributed by atoms with van der Waals surface area (Å²) in [5, 5.41) is 7.48. The summed E-state index contributed by atoms with van der Waals surface area (Å²) in [5.74, 6) is 0.693. The number of aromatic nitrogens is 2. The van der Waals surface area contributed by atoms with Crippen LogP contribution in [0.25, 0.3) is 22.5 Å². The van der Waals surface area contributed by atoms with Gasteiger partial charge in [0.1, 0.15) is 12.4 Å². The molecule has 0 aliphatic rings. The SMILES string of the molecule is N=Cc1cc(-c2cc(-c3cccc(OCc4ccccc4)c3)nc(=O)[nH]2)ccc1N. The normalized spacial score (nSPS) is 10.5. The maximum absolute atomic E-state index is 12.2. The highest BCUT2D eigenvalue weighted by atomic mass is 16.5. The first-order chi connectivity index (χ1) is 14.6. The van der Waals surface area contributed by atoms with Crippen LogP contribution in [0.4, 0.5) is 5.69 Å². The van der Waals surface area contributed by atoms with Crippen LogP contribution >= 0.6 is 0 Å². The summed E-state index contributed by atoms with van der Waals surface area (Å²) in [6.07, 6.45) is 1.19. The molecule has 3 aromatic carbocycles. The number of anilines is 1. The lowest BCUT2D eigenvalue weighted by molar-refractivity contribution is 0.306. The van der Waals surface area contributed by atoms with E-state index in [4.69, 9.17) is 15.9 Å². The maximum atomic E-state index is 12.2. The Labute approximate surface area is 173 Å². The fourth-order valence-electron chi connectivity index (χ4n) is 3.11. The monoisotopic (exact) mass is 396 g/mol. The maximum Gasteiger partial charge on any atom is 0.345 e. The second-order valence-corrected chi connectivity index (χ2v) is 6.78. The molecular formula is C24H20N4O2. The van der Waals surface area contributed by atoms with Crippen molar-refractivity contribution in [1.82, 2.24) is 9.97 Å². The largest absolute Gasteiger partial charge is 0.489 e. The number of rotatable bonds is 6. The van der Waals surface area contributed by atoms with Crippen molar-refractivity contribution in [1.29, 1.82) is 5.41 Å². The molecule has 0 unspecified atom stereocenters. The molecule has 0 atom stereocenters. The van der Waals surface area contributed by atoms with E-state index in [1.54, 1.807) is 24.3 Å². The first kappa shape index (κ1) is 19.1. The van der Waals surface area contributed by atoms with E-state index in [0.717, 1.165) is 16.7 Å². The van der Waals surface area contributed by atoms with Gasteiger partial charge >= 0.3 is 5.69 Å². The fraction of sp³-hybridized carbons (Fsp3) is 0.0417. The van der Waals surface area contributed by atoms with Crippen LogP contribution in [0.1, 0.15) is 11.1 Å². The molecule has 0 spiro atoms. The van der Waals surface area contributed by atoms with Gasteiger partial charge in [-0.15, -0.1) is 0 Å². The average Bonchev–Trinajstić information content (AvgIpc) is 2.78. The summed E-state index contributed by atoms with van der Waals surface area (Å²) in [5.41, 5.74) is 10.2. The Hall–Kier alpha value is -4.19. The molecule has 0 fully saturated rings. The zero-order valence-corrected chi connectivity index (χ0v) is 16.1. The van der Waals surface area contributed by atoms with Gasteiger partial charge < -0.3 is 20.9 Å². The summed E-state index contributed by atoms with van der Waals surface area (Å²) in [6, 6.07) is 24.5. The number of benzene rings is 3. The topological polar surface area (TPSA) is 105 Å². The molecule has 4 aromatic rings. The molecule has 0 aliphatic carbocycles. The highest BCUT2D eigenvalue weighted by Crippen LogP contribution is 2.26. The first-order valence-electron chi connectivity index (χ1n) is 9.41. The molecule has 0 saturated carbocycles. The average molecular weight is 396 g/mol. The lowest BCUT2D eigenvalue weighted by atomic mass is 10.0. The first-order valence-corrected chi connectivity index (χ1v) is 9.41. The molecule has 0 radical (unpaired) electrons. The van der Waals surface area contributed by atoms with Crippen LogP contribution in [0.2, 0.25) is 0 Å². The minimum atomic E-state index is -0.452. The van der Waals surface area contributed by atoms with E-state index in [1.807, 2.05) is 54.6 Å². The number of nitrogens with two attached hydrogens (primary N) is 1. The van der Waals surface area contributed by atoms with E-state index < -0.39 is 5.69 Å². The van der Waals surface area contributed by atoms with Gasteiger partial charge in [-0.2, -0.15) is 4.98 Å². The van der Waals surface area contributed by atoms with Crippen molar-refractivity contribution in [2.75, 3.05) is 5.73 Å². The van der Waals surface area contributed by atoms with Crippen molar-refractivity contribution in [2.45, 2.75) is 6.61 Å². The second kappa shape index (κ2) is 8.45. The van der Waals surface area contributed by atoms with Gasteiger partial charge in [0.05, 0.1) is 11.4 Å². The van der Waals surface area contributed by atoms with Crippen molar-refractivity contribution in [3.8, 4) is 28.3 Å². The smallest absolute Gasteiger partial charge is 0.345 e. The van der Waals surface area contributed by atoms with Gasteiger partial charge in [0.15, 0.2) is 0 Å². The number of nitrogen functional groups attached to an aromatic ring is 1. The van der Waals surface area contributed by atoms with Crippen molar-refractivity contribution < 1.29 is 4.74 Å². The Morgan fingerprint density at radius 1 is 0.967 bits per heavy atom. The summed E-state index contributed by atoms with van der Waals surface area (Å²) in [7, 11) is 0. The van der Waals surface area contributed by atoms with Crippen LogP contribution in [0.3, 0.4) is 0 Å². The lowest BCUT2D eigenvalue weighted by Crippen LogP contribution is -2.12. The van der Waals surface area contributed by atoms with Gasteiger partial charge in [0.25, 0.3) is 0 Å². The lowest BCUT2D eigenvalue weighted by Gasteiger charge is -2.09. The molecule has 6 nitrogen and oxygen atoms in total. The number of nitrogens with one attached hydrogen (secondary N) is 2. The summed E-state index contributed by atoms with van der Waals surface area (Å²) < 4.78 is 5.89. The zero-order chi connectivity index (χ0) is 20.9. The van der Waals surface area contributed by atoms with Crippen LogP contribution in [-0.4, -0.2) is 16.2 Å². The predicted molar refractivity (Wildman–Crippen MR) is 119 cm³/mol. The molecule has 4 rings (SSSR count). The number of nitrogens with zero attached hydrogens (tertiary/aromatic N) is 1. The Balaban J connectivity index is 1.64. The summed E-state index contributed by atoms with van der Waals surface area (Å²) >= 11 is 0. The molecule has 1 heterocycles.